The molecule has 0 unspecified atom stereocenters. The molecule has 0 aromatic heterocycles. The molecule has 0 heterocycles. The lowest BCUT2D eigenvalue weighted by atomic mass is 10.1. The predicted molar refractivity (Wildman–Crippen MR) is 91.3 cm³/mol. The lowest BCUT2D eigenvalue weighted by Gasteiger charge is -2.09. The first-order valence-electron chi connectivity index (χ1n) is 7.67. The van der Waals surface area contributed by atoms with E-state index in [9.17, 15) is 27.6 Å². The molecule has 0 atom stereocenters. The van der Waals surface area contributed by atoms with Gasteiger partial charge in [0.05, 0.1) is 11.3 Å². The summed E-state index contributed by atoms with van der Waals surface area (Å²) in [5.41, 5.74) is 0.508. The van der Waals surface area contributed by atoms with Crippen LogP contribution >= 0.6 is 0 Å². The van der Waals surface area contributed by atoms with Crippen molar-refractivity contribution >= 4 is 23.2 Å². The maximum atomic E-state index is 12.2. The van der Waals surface area contributed by atoms with Crippen LogP contribution in [0.5, 0.6) is 0 Å². The third-order valence-electron chi connectivity index (χ3n) is 3.33. The zero-order valence-electron chi connectivity index (χ0n) is 13.8. The number of nitrogens with one attached hydrogen (secondary N) is 1. The number of allylic oxidation sites excluding steroid dienone is 1. The Morgan fingerprint density at radius 3 is 2.26 bits per heavy atom. The number of halogens is 3. The molecule has 0 bridgehead atoms. The molecule has 0 saturated heterocycles. The van der Waals surface area contributed by atoms with Crippen molar-refractivity contribution in [1.82, 2.24) is 0 Å². The molecular formula is C19H14F3NO4. The van der Waals surface area contributed by atoms with Gasteiger partial charge in [0.2, 0.25) is 0 Å². The molecule has 0 fully saturated rings. The van der Waals surface area contributed by atoms with Gasteiger partial charge in [0.15, 0.2) is 12.4 Å². The molecule has 5 nitrogen and oxygen atoms in total. The number of carbonyl (C=O) groups excluding carboxylic acids is 3. The number of para-hydroxylation sites is 1. The Kier molecular flexibility index (Phi) is 6.48. The first kappa shape index (κ1) is 19.9. The SMILES string of the molecule is O=C(COC(=O)c1ccccc1N/C=C/C(=O)C(F)(F)F)c1ccccc1. The molecule has 2 aromatic rings. The maximum absolute atomic E-state index is 12.2. The molecular weight excluding hydrogens is 363 g/mol. The predicted octanol–water partition coefficient (Wildman–Crippen LogP) is 3.78. The quantitative estimate of drug-likeness (QED) is 0.452. The van der Waals surface area contributed by atoms with Crippen LogP contribution in [0.2, 0.25) is 0 Å². The van der Waals surface area contributed by atoms with Gasteiger partial charge < -0.3 is 10.1 Å². The summed E-state index contributed by atoms with van der Waals surface area (Å²) in [6.45, 7) is -0.487. The van der Waals surface area contributed by atoms with Gasteiger partial charge in [-0.1, -0.05) is 42.5 Å². The second kappa shape index (κ2) is 8.79. The molecule has 0 spiro atoms. The van der Waals surface area contributed by atoms with Crippen LogP contribution in [0.15, 0.2) is 66.9 Å². The van der Waals surface area contributed by atoms with Crippen molar-refractivity contribution in [3.8, 4) is 0 Å². The average Bonchev–Trinajstić information content (AvgIpc) is 2.66. The second-order valence-corrected chi connectivity index (χ2v) is 5.25. The van der Waals surface area contributed by atoms with Gasteiger partial charge in [0, 0.05) is 17.8 Å². The Morgan fingerprint density at radius 1 is 0.963 bits per heavy atom. The van der Waals surface area contributed by atoms with Crippen molar-refractivity contribution in [3.63, 3.8) is 0 Å². The number of ether oxygens (including phenoxy) is 1. The van der Waals surface area contributed by atoms with Gasteiger partial charge in [-0.25, -0.2) is 4.79 Å². The molecule has 140 valence electrons. The first-order valence-corrected chi connectivity index (χ1v) is 7.67. The largest absolute Gasteiger partial charge is 0.454 e. The van der Waals surface area contributed by atoms with E-state index in [1.54, 1.807) is 30.3 Å². The summed E-state index contributed by atoms with van der Waals surface area (Å²) >= 11 is 0. The van der Waals surface area contributed by atoms with Gasteiger partial charge in [0.1, 0.15) is 0 Å². The normalized spacial score (nSPS) is 11.2. The van der Waals surface area contributed by atoms with Crippen LogP contribution in [0.25, 0.3) is 0 Å². The van der Waals surface area contributed by atoms with Crippen LogP contribution in [0.4, 0.5) is 18.9 Å². The molecule has 2 rings (SSSR count). The number of alkyl halides is 3. The van der Waals surface area contributed by atoms with Gasteiger partial charge in [-0.05, 0) is 12.1 Å². The molecule has 0 aliphatic rings. The second-order valence-electron chi connectivity index (χ2n) is 5.25. The summed E-state index contributed by atoms with van der Waals surface area (Å²) in [4.78, 5) is 34.9. The van der Waals surface area contributed by atoms with Crippen LogP contribution in [0.1, 0.15) is 20.7 Å². The van der Waals surface area contributed by atoms with Gasteiger partial charge in [0.25, 0.3) is 5.78 Å². The van der Waals surface area contributed by atoms with E-state index in [2.05, 4.69) is 5.32 Å². The molecule has 0 radical (unpaired) electrons. The minimum Gasteiger partial charge on any atom is -0.454 e. The fourth-order valence-electron chi connectivity index (χ4n) is 2.00. The Labute approximate surface area is 152 Å². The summed E-state index contributed by atoms with van der Waals surface area (Å²) in [6, 6.07) is 14.1. The number of rotatable bonds is 7. The highest BCUT2D eigenvalue weighted by Gasteiger charge is 2.36. The molecule has 0 saturated carbocycles. The van der Waals surface area contributed by atoms with Crippen LogP contribution in [-0.2, 0) is 9.53 Å². The highest BCUT2D eigenvalue weighted by Crippen LogP contribution is 2.18. The van der Waals surface area contributed by atoms with Crippen LogP contribution in [-0.4, -0.2) is 30.3 Å². The number of carbonyl (C=O) groups is 3. The van der Waals surface area contributed by atoms with Crippen molar-refractivity contribution < 1.29 is 32.3 Å². The first-order chi connectivity index (χ1) is 12.8. The van der Waals surface area contributed by atoms with Crippen molar-refractivity contribution in [2.24, 2.45) is 0 Å². The average molecular weight is 377 g/mol. The highest BCUT2D eigenvalue weighted by molar-refractivity contribution is 6.01. The Morgan fingerprint density at radius 2 is 1.59 bits per heavy atom. The molecule has 2 aromatic carbocycles. The number of benzene rings is 2. The van der Waals surface area contributed by atoms with Crippen LogP contribution in [0, 0.1) is 0 Å². The zero-order chi connectivity index (χ0) is 19.9. The van der Waals surface area contributed by atoms with Crippen molar-refractivity contribution in [3.05, 3.63) is 78.0 Å². The fourth-order valence-corrected chi connectivity index (χ4v) is 2.00. The van der Waals surface area contributed by atoms with Gasteiger partial charge in [-0.15, -0.1) is 0 Å². The number of anilines is 1. The Hall–Kier alpha value is -3.42. The standard InChI is InChI=1S/C19H14F3NO4/c20-19(21,22)17(25)10-11-23-15-9-5-4-8-14(15)18(26)27-12-16(24)13-6-2-1-3-7-13/h1-11,23H,12H2/b11-10+. The summed E-state index contributed by atoms with van der Waals surface area (Å²) in [7, 11) is 0. The smallest absolute Gasteiger partial charge is 0.454 e. The van der Waals surface area contributed by atoms with Gasteiger partial charge in [-0.2, -0.15) is 13.2 Å². The minimum absolute atomic E-state index is 0.00229. The number of esters is 1. The molecule has 27 heavy (non-hydrogen) atoms. The number of hydrogen-bond acceptors (Lipinski definition) is 5. The van der Waals surface area contributed by atoms with Crippen molar-refractivity contribution in [1.29, 1.82) is 0 Å². The lowest BCUT2D eigenvalue weighted by molar-refractivity contribution is -0.165. The monoisotopic (exact) mass is 377 g/mol. The molecule has 8 heteroatoms. The summed E-state index contributed by atoms with van der Waals surface area (Å²) in [5, 5.41) is 2.43. The van der Waals surface area contributed by atoms with Crippen molar-refractivity contribution in [2.75, 3.05) is 11.9 Å². The van der Waals surface area contributed by atoms with Crippen LogP contribution in [0.3, 0.4) is 0 Å². The highest BCUT2D eigenvalue weighted by atomic mass is 19.4. The van der Waals surface area contributed by atoms with E-state index >= 15 is 0 Å². The molecule has 1 N–H and O–H groups in total. The van der Waals surface area contributed by atoms with Gasteiger partial charge in [-0.3, -0.25) is 9.59 Å². The van der Waals surface area contributed by atoms with E-state index in [-0.39, 0.29) is 11.3 Å². The summed E-state index contributed by atoms with van der Waals surface area (Å²) < 4.78 is 41.5. The van der Waals surface area contributed by atoms with Crippen molar-refractivity contribution in [2.45, 2.75) is 6.18 Å². The Bertz CT molecular complexity index is 861. The molecule has 0 aliphatic heterocycles. The summed E-state index contributed by atoms with van der Waals surface area (Å²) in [6.07, 6.45) is -3.90. The summed E-state index contributed by atoms with van der Waals surface area (Å²) in [5.74, 6) is -3.27. The fraction of sp³-hybridized carbons (Fsp3) is 0.105. The van der Waals surface area contributed by atoms with E-state index in [1.165, 1.54) is 24.3 Å². The van der Waals surface area contributed by atoms with Crippen LogP contribution < -0.4 is 5.32 Å². The third kappa shape index (κ3) is 5.81. The third-order valence-corrected chi connectivity index (χ3v) is 3.33. The lowest BCUT2D eigenvalue weighted by Crippen LogP contribution is -2.20. The van der Waals surface area contributed by atoms with E-state index < -0.39 is 30.3 Å². The number of ketones is 2. The van der Waals surface area contributed by atoms with E-state index in [0.717, 1.165) is 6.20 Å². The van der Waals surface area contributed by atoms with E-state index in [1.807, 2.05) is 0 Å². The number of Topliss-reactive ketones (excluding diaryl/α,β-unsaturated/α-hetero) is 1. The maximum Gasteiger partial charge on any atom is 0.454 e. The molecule has 0 aliphatic carbocycles. The van der Waals surface area contributed by atoms with Gasteiger partial charge >= 0.3 is 12.1 Å². The van der Waals surface area contributed by atoms with E-state index in [0.29, 0.717) is 11.6 Å². The minimum atomic E-state index is -4.98. The molecule has 0 amide bonds. The zero-order valence-corrected chi connectivity index (χ0v) is 13.8. The van der Waals surface area contributed by atoms with E-state index in [4.69, 9.17) is 4.74 Å². The Balaban J connectivity index is 2.02. The number of hydrogen-bond donors (Lipinski definition) is 1. The topological polar surface area (TPSA) is 72.5 Å².